The Hall–Kier alpha value is -0.160. The Morgan fingerprint density at radius 2 is 2.22 bits per heavy atom. The second-order valence-electron chi connectivity index (χ2n) is 5.81. The van der Waals surface area contributed by atoms with Crippen molar-refractivity contribution < 1.29 is 9.84 Å². The lowest BCUT2D eigenvalue weighted by Crippen LogP contribution is -2.60. The molecule has 1 fully saturated rings. The fraction of sp³-hybridized carbons (Fsp3) is 1.00. The molecule has 4 atom stereocenters. The van der Waals surface area contributed by atoms with Crippen LogP contribution >= 0.6 is 0 Å². The van der Waals surface area contributed by atoms with Crippen LogP contribution in [0.25, 0.3) is 0 Å². The Balaban J connectivity index is 2.60. The van der Waals surface area contributed by atoms with E-state index in [4.69, 9.17) is 10.5 Å². The van der Waals surface area contributed by atoms with Crippen LogP contribution in [0.1, 0.15) is 46.5 Å². The van der Waals surface area contributed by atoms with Crippen LogP contribution < -0.4 is 11.1 Å². The first-order valence-electron chi connectivity index (χ1n) is 7.27. The summed E-state index contributed by atoms with van der Waals surface area (Å²) in [6, 6.07) is 0.277. The van der Waals surface area contributed by atoms with Crippen molar-refractivity contribution in [3.63, 3.8) is 0 Å². The maximum atomic E-state index is 9.23. The quantitative estimate of drug-likeness (QED) is 0.643. The van der Waals surface area contributed by atoms with Crippen molar-refractivity contribution in [1.29, 1.82) is 0 Å². The molecule has 0 spiro atoms. The van der Waals surface area contributed by atoms with Crippen LogP contribution in [0.3, 0.4) is 0 Å². The molecule has 0 saturated carbocycles. The van der Waals surface area contributed by atoms with Gasteiger partial charge in [0.05, 0.1) is 6.10 Å². The number of aliphatic hydroxyl groups is 1. The van der Waals surface area contributed by atoms with E-state index in [1.54, 1.807) is 0 Å². The highest BCUT2D eigenvalue weighted by molar-refractivity contribution is 4.96. The van der Waals surface area contributed by atoms with Gasteiger partial charge in [0.2, 0.25) is 0 Å². The highest BCUT2D eigenvalue weighted by Gasteiger charge is 2.37. The van der Waals surface area contributed by atoms with Crippen molar-refractivity contribution in [3.05, 3.63) is 0 Å². The number of hydrogen-bond acceptors (Lipinski definition) is 4. The van der Waals surface area contributed by atoms with Gasteiger partial charge in [0, 0.05) is 31.3 Å². The molecule has 4 unspecified atom stereocenters. The summed E-state index contributed by atoms with van der Waals surface area (Å²) in [6.07, 6.45) is 4.53. The van der Waals surface area contributed by atoms with Crippen LogP contribution in [-0.2, 0) is 4.74 Å². The Morgan fingerprint density at radius 1 is 1.50 bits per heavy atom. The van der Waals surface area contributed by atoms with E-state index in [-0.39, 0.29) is 24.1 Å². The van der Waals surface area contributed by atoms with Crippen LogP contribution in [0.15, 0.2) is 0 Å². The molecule has 108 valence electrons. The van der Waals surface area contributed by atoms with Crippen LogP contribution in [-0.4, -0.2) is 42.5 Å². The normalized spacial score (nSPS) is 32.2. The van der Waals surface area contributed by atoms with Crippen LogP contribution in [0.2, 0.25) is 0 Å². The molecule has 1 heterocycles. The molecule has 4 N–H and O–H groups in total. The lowest BCUT2D eigenvalue weighted by atomic mass is 9.83. The molecule has 18 heavy (non-hydrogen) atoms. The van der Waals surface area contributed by atoms with Gasteiger partial charge in [-0.25, -0.2) is 0 Å². The summed E-state index contributed by atoms with van der Waals surface area (Å²) in [5.74, 6) is 0.251. The minimum absolute atomic E-state index is 0.0130. The van der Waals surface area contributed by atoms with Gasteiger partial charge in [-0.3, -0.25) is 0 Å². The molecule has 0 aromatic heterocycles. The SMILES string of the molecule is CCCC1CC(CN)(NC(C)C(C)CO)CCO1. The van der Waals surface area contributed by atoms with Gasteiger partial charge in [0.1, 0.15) is 0 Å². The highest BCUT2D eigenvalue weighted by atomic mass is 16.5. The van der Waals surface area contributed by atoms with Gasteiger partial charge in [-0.1, -0.05) is 20.3 Å². The van der Waals surface area contributed by atoms with Gasteiger partial charge >= 0.3 is 0 Å². The predicted octanol–water partition coefficient (Wildman–Crippen LogP) is 1.27. The highest BCUT2D eigenvalue weighted by Crippen LogP contribution is 2.27. The third-order valence-corrected chi connectivity index (χ3v) is 4.23. The molecule has 0 aliphatic carbocycles. The monoisotopic (exact) mass is 258 g/mol. The zero-order valence-electron chi connectivity index (χ0n) is 12.1. The average molecular weight is 258 g/mol. The lowest BCUT2D eigenvalue weighted by molar-refractivity contribution is -0.0353. The number of ether oxygens (including phenoxy) is 1. The van der Waals surface area contributed by atoms with Crippen molar-refractivity contribution in [2.45, 2.75) is 64.1 Å². The standard InChI is InChI=1S/C14H30N2O2/c1-4-5-13-8-14(10-15,6-7-18-13)16-12(3)11(2)9-17/h11-13,16-17H,4-10,15H2,1-3H3. The zero-order chi connectivity index (χ0) is 13.6. The zero-order valence-corrected chi connectivity index (χ0v) is 12.1. The van der Waals surface area contributed by atoms with Gasteiger partial charge in [-0.15, -0.1) is 0 Å². The molecule has 0 radical (unpaired) electrons. The Kier molecular flexibility index (Phi) is 6.57. The Bertz CT molecular complexity index is 236. The molecule has 1 aliphatic heterocycles. The van der Waals surface area contributed by atoms with Crippen LogP contribution in [0, 0.1) is 5.92 Å². The summed E-state index contributed by atoms with van der Waals surface area (Å²) in [5, 5.41) is 12.9. The van der Waals surface area contributed by atoms with Crippen molar-refractivity contribution in [3.8, 4) is 0 Å². The van der Waals surface area contributed by atoms with Crippen LogP contribution in [0.5, 0.6) is 0 Å². The number of hydrogen-bond donors (Lipinski definition) is 3. The van der Waals surface area contributed by atoms with Gasteiger partial charge in [0.15, 0.2) is 0 Å². The molecule has 0 aromatic carbocycles. The van der Waals surface area contributed by atoms with Gasteiger partial charge in [-0.2, -0.15) is 0 Å². The minimum atomic E-state index is -0.0130. The molecule has 0 bridgehead atoms. The molecule has 4 nitrogen and oxygen atoms in total. The molecule has 1 aliphatic rings. The summed E-state index contributed by atoms with van der Waals surface area (Å²) >= 11 is 0. The number of nitrogens with one attached hydrogen (secondary N) is 1. The van der Waals surface area contributed by atoms with Crippen LogP contribution in [0.4, 0.5) is 0 Å². The first kappa shape index (κ1) is 15.9. The molecular formula is C14H30N2O2. The Labute approximate surface area is 111 Å². The van der Waals surface area contributed by atoms with Gasteiger partial charge in [-0.05, 0) is 32.1 Å². The second-order valence-corrected chi connectivity index (χ2v) is 5.81. The summed E-state index contributed by atoms with van der Waals surface area (Å²) in [4.78, 5) is 0. The van der Waals surface area contributed by atoms with Crippen molar-refractivity contribution >= 4 is 0 Å². The first-order valence-corrected chi connectivity index (χ1v) is 7.27. The third-order valence-electron chi connectivity index (χ3n) is 4.23. The van der Waals surface area contributed by atoms with Crippen molar-refractivity contribution in [1.82, 2.24) is 5.32 Å². The van der Waals surface area contributed by atoms with E-state index in [0.29, 0.717) is 12.6 Å². The molecule has 1 rings (SSSR count). The van der Waals surface area contributed by atoms with E-state index in [0.717, 1.165) is 32.3 Å². The summed E-state index contributed by atoms with van der Waals surface area (Å²) in [6.45, 7) is 8.01. The van der Waals surface area contributed by atoms with E-state index in [2.05, 4.69) is 26.1 Å². The third kappa shape index (κ3) is 4.19. The molecule has 0 amide bonds. The molecule has 0 aromatic rings. The minimum Gasteiger partial charge on any atom is -0.396 e. The summed E-state index contributed by atoms with van der Waals surface area (Å²) in [5.41, 5.74) is 5.99. The molecule has 4 heteroatoms. The molecular weight excluding hydrogens is 228 g/mol. The molecule has 1 saturated heterocycles. The van der Waals surface area contributed by atoms with Gasteiger partial charge in [0.25, 0.3) is 0 Å². The van der Waals surface area contributed by atoms with E-state index in [1.807, 2.05) is 0 Å². The predicted molar refractivity (Wildman–Crippen MR) is 74.5 cm³/mol. The van der Waals surface area contributed by atoms with E-state index in [1.165, 1.54) is 0 Å². The van der Waals surface area contributed by atoms with Crippen molar-refractivity contribution in [2.24, 2.45) is 11.7 Å². The Morgan fingerprint density at radius 3 is 2.78 bits per heavy atom. The maximum Gasteiger partial charge on any atom is 0.0593 e. The average Bonchev–Trinajstić information content (AvgIpc) is 2.38. The van der Waals surface area contributed by atoms with Crippen molar-refractivity contribution in [2.75, 3.05) is 19.8 Å². The maximum absolute atomic E-state index is 9.23. The van der Waals surface area contributed by atoms with E-state index >= 15 is 0 Å². The smallest absolute Gasteiger partial charge is 0.0593 e. The largest absolute Gasteiger partial charge is 0.396 e. The van der Waals surface area contributed by atoms with E-state index in [9.17, 15) is 5.11 Å². The summed E-state index contributed by atoms with van der Waals surface area (Å²) in [7, 11) is 0. The topological polar surface area (TPSA) is 67.5 Å². The first-order chi connectivity index (χ1) is 8.56. The second kappa shape index (κ2) is 7.43. The lowest BCUT2D eigenvalue weighted by Gasteiger charge is -2.43. The fourth-order valence-corrected chi connectivity index (χ4v) is 2.68. The summed E-state index contributed by atoms with van der Waals surface area (Å²) < 4.78 is 5.80. The number of nitrogens with two attached hydrogens (primary N) is 1. The number of rotatable bonds is 7. The fourth-order valence-electron chi connectivity index (χ4n) is 2.68. The van der Waals surface area contributed by atoms with Gasteiger partial charge < -0.3 is 20.9 Å². The number of aliphatic hydroxyl groups excluding tert-OH is 1. The van der Waals surface area contributed by atoms with E-state index < -0.39 is 0 Å².